The molecule has 1 aromatic carbocycles. The molecule has 2 rings (SSSR count). The van der Waals surface area contributed by atoms with E-state index in [1.54, 1.807) is 18.4 Å². The van der Waals surface area contributed by atoms with Crippen molar-refractivity contribution in [2.75, 3.05) is 7.11 Å². The van der Waals surface area contributed by atoms with Gasteiger partial charge in [0.1, 0.15) is 5.75 Å². The number of rotatable bonds is 1. The Hall–Kier alpha value is -0.800. The first-order chi connectivity index (χ1) is 7.20. The van der Waals surface area contributed by atoms with E-state index in [2.05, 4.69) is 4.98 Å². The lowest BCUT2D eigenvalue weighted by Gasteiger charge is -2.00. The van der Waals surface area contributed by atoms with E-state index in [0.29, 0.717) is 10.8 Å². The predicted octanol–water partition coefficient (Wildman–Crippen LogP) is 4.29. The van der Waals surface area contributed by atoms with Gasteiger partial charge in [-0.05, 0) is 13.0 Å². The second-order valence-electron chi connectivity index (χ2n) is 2.69. The van der Waals surface area contributed by atoms with Crippen LogP contribution in [0.15, 0.2) is 12.1 Å². The number of aryl methyl sites for hydroxylation is 1. The summed E-state index contributed by atoms with van der Waals surface area (Å²) < 4.78 is 6.22. The van der Waals surface area contributed by atoms with Gasteiger partial charge in [-0.3, -0.25) is 0 Å². The fraction of sp³-hybridized carbons (Fsp3) is 0.364. The second-order valence-corrected chi connectivity index (χ2v) is 4.33. The van der Waals surface area contributed by atoms with E-state index >= 15 is 0 Å². The van der Waals surface area contributed by atoms with E-state index in [9.17, 15) is 0 Å². The third-order valence-electron chi connectivity index (χ3n) is 1.77. The molecule has 0 fully saturated rings. The maximum Gasteiger partial charge on any atom is 0.139 e. The summed E-state index contributed by atoms with van der Waals surface area (Å²) in [5, 5.41) is 1.65. The van der Waals surface area contributed by atoms with Gasteiger partial charge in [0.2, 0.25) is 0 Å². The molecule has 82 valence electrons. The number of aromatic nitrogens is 1. The summed E-state index contributed by atoms with van der Waals surface area (Å²) in [5.74, 6) is 0.706. The van der Waals surface area contributed by atoms with E-state index in [1.165, 1.54) is 0 Å². The summed E-state index contributed by atoms with van der Waals surface area (Å²) in [4.78, 5) is 4.33. The van der Waals surface area contributed by atoms with Gasteiger partial charge >= 0.3 is 0 Å². The Morgan fingerprint density at radius 2 is 2.00 bits per heavy atom. The molecular formula is C11H14ClNOS. The number of hydrogen-bond acceptors (Lipinski definition) is 3. The molecule has 2 aromatic rings. The van der Waals surface area contributed by atoms with Crippen LogP contribution in [0.2, 0.25) is 5.02 Å². The zero-order valence-electron chi connectivity index (χ0n) is 9.30. The molecule has 0 aliphatic rings. The number of nitrogens with zero attached hydrogens (tertiary/aromatic N) is 1. The summed E-state index contributed by atoms with van der Waals surface area (Å²) in [7, 11) is 1.61. The van der Waals surface area contributed by atoms with Gasteiger partial charge in [0.15, 0.2) is 0 Å². The highest BCUT2D eigenvalue weighted by Crippen LogP contribution is 2.32. The third-order valence-corrected chi connectivity index (χ3v) is 3.00. The smallest absolute Gasteiger partial charge is 0.139 e. The molecule has 15 heavy (non-hydrogen) atoms. The summed E-state index contributed by atoms with van der Waals surface area (Å²) in [5.41, 5.74) is 0.938. The number of thiazole rings is 1. The van der Waals surface area contributed by atoms with Gasteiger partial charge in [-0.15, -0.1) is 11.3 Å². The number of methoxy groups -OCH3 is 1. The van der Waals surface area contributed by atoms with Gasteiger partial charge in [-0.25, -0.2) is 4.98 Å². The van der Waals surface area contributed by atoms with Crippen LogP contribution in [0.1, 0.15) is 18.9 Å². The fourth-order valence-corrected chi connectivity index (χ4v) is 2.27. The molecule has 0 saturated heterocycles. The molecule has 0 N–H and O–H groups in total. The number of fused-ring (bicyclic) bond motifs is 1. The van der Waals surface area contributed by atoms with E-state index in [-0.39, 0.29) is 0 Å². The molecule has 2 nitrogen and oxygen atoms in total. The van der Waals surface area contributed by atoms with Crippen molar-refractivity contribution in [1.82, 2.24) is 4.98 Å². The van der Waals surface area contributed by atoms with Gasteiger partial charge in [0.05, 0.1) is 27.4 Å². The highest BCUT2D eigenvalue weighted by atomic mass is 35.5. The molecule has 0 unspecified atom stereocenters. The van der Waals surface area contributed by atoms with Crippen molar-refractivity contribution in [2.24, 2.45) is 0 Å². The molecule has 1 aromatic heterocycles. The first kappa shape index (κ1) is 12.3. The number of halogens is 1. The lowest BCUT2D eigenvalue weighted by Crippen LogP contribution is -1.82. The molecule has 4 heteroatoms. The van der Waals surface area contributed by atoms with E-state index in [4.69, 9.17) is 16.3 Å². The molecule has 0 radical (unpaired) electrons. The Labute approximate surface area is 98.9 Å². The SMILES string of the molecule is CC.COc1cc2sc(C)nc2cc1Cl. The summed E-state index contributed by atoms with van der Waals surface area (Å²) in [6.07, 6.45) is 0. The summed E-state index contributed by atoms with van der Waals surface area (Å²) in [6, 6.07) is 3.75. The molecular weight excluding hydrogens is 230 g/mol. The zero-order valence-corrected chi connectivity index (χ0v) is 10.9. The molecule has 0 saturated carbocycles. The second kappa shape index (κ2) is 5.33. The topological polar surface area (TPSA) is 22.1 Å². The molecule has 0 atom stereocenters. The van der Waals surface area contributed by atoms with Gasteiger partial charge < -0.3 is 4.74 Å². The summed E-state index contributed by atoms with van der Waals surface area (Å²) in [6.45, 7) is 5.98. The fourth-order valence-electron chi connectivity index (χ4n) is 1.20. The first-order valence-electron chi connectivity index (χ1n) is 4.81. The van der Waals surface area contributed by atoms with Crippen molar-refractivity contribution in [1.29, 1.82) is 0 Å². The minimum atomic E-state index is 0.611. The quantitative estimate of drug-likeness (QED) is 0.745. The van der Waals surface area contributed by atoms with Crippen LogP contribution in [-0.4, -0.2) is 12.1 Å². The lowest BCUT2D eigenvalue weighted by atomic mass is 10.3. The van der Waals surface area contributed by atoms with Crippen LogP contribution >= 0.6 is 22.9 Å². The Balaban J connectivity index is 0.000000531. The molecule has 0 bridgehead atoms. The molecule has 0 spiro atoms. The van der Waals surface area contributed by atoms with Crippen molar-refractivity contribution in [3.63, 3.8) is 0 Å². The van der Waals surface area contributed by atoms with Gasteiger partial charge in [0, 0.05) is 6.07 Å². The number of benzene rings is 1. The van der Waals surface area contributed by atoms with Crippen molar-refractivity contribution in [3.05, 3.63) is 22.2 Å². The van der Waals surface area contributed by atoms with Crippen molar-refractivity contribution in [3.8, 4) is 5.75 Å². The van der Waals surface area contributed by atoms with Crippen molar-refractivity contribution in [2.45, 2.75) is 20.8 Å². The Morgan fingerprint density at radius 3 is 2.60 bits per heavy atom. The summed E-state index contributed by atoms with van der Waals surface area (Å²) >= 11 is 7.59. The van der Waals surface area contributed by atoms with Gasteiger partial charge in [-0.1, -0.05) is 25.4 Å². The number of hydrogen-bond donors (Lipinski definition) is 0. The molecule has 0 amide bonds. The van der Waals surface area contributed by atoms with Crippen LogP contribution < -0.4 is 4.74 Å². The van der Waals surface area contributed by atoms with Crippen LogP contribution in [0.25, 0.3) is 10.2 Å². The highest BCUT2D eigenvalue weighted by Gasteiger charge is 2.06. The maximum atomic E-state index is 5.95. The minimum Gasteiger partial charge on any atom is -0.495 e. The van der Waals surface area contributed by atoms with Gasteiger partial charge in [0.25, 0.3) is 0 Å². The van der Waals surface area contributed by atoms with Crippen molar-refractivity contribution < 1.29 is 4.74 Å². The van der Waals surface area contributed by atoms with Gasteiger partial charge in [-0.2, -0.15) is 0 Å². The van der Waals surface area contributed by atoms with Crippen LogP contribution in [0, 0.1) is 6.92 Å². The Morgan fingerprint density at radius 1 is 1.33 bits per heavy atom. The van der Waals surface area contributed by atoms with Crippen LogP contribution in [0.4, 0.5) is 0 Å². The third kappa shape index (κ3) is 2.61. The largest absolute Gasteiger partial charge is 0.495 e. The minimum absolute atomic E-state index is 0.611. The molecule has 1 heterocycles. The van der Waals surface area contributed by atoms with Crippen LogP contribution in [-0.2, 0) is 0 Å². The Bertz CT molecular complexity index is 453. The Kier molecular flexibility index (Phi) is 4.36. The van der Waals surface area contributed by atoms with Crippen molar-refractivity contribution >= 4 is 33.2 Å². The molecule has 0 aliphatic carbocycles. The monoisotopic (exact) mass is 243 g/mol. The van der Waals surface area contributed by atoms with E-state index in [0.717, 1.165) is 15.2 Å². The van der Waals surface area contributed by atoms with E-state index < -0.39 is 0 Å². The standard InChI is InChI=1S/C9H8ClNOS.C2H6/c1-5-11-7-3-6(10)8(12-2)4-9(7)13-5;1-2/h3-4H,1-2H3;1-2H3. The number of ether oxygens (including phenoxy) is 1. The molecule has 0 aliphatic heterocycles. The lowest BCUT2D eigenvalue weighted by molar-refractivity contribution is 0.415. The first-order valence-corrected chi connectivity index (χ1v) is 6.01. The van der Waals surface area contributed by atoms with Crippen LogP contribution in [0.5, 0.6) is 5.75 Å². The average Bonchev–Trinajstić information content (AvgIpc) is 2.59. The highest BCUT2D eigenvalue weighted by molar-refractivity contribution is 7.18. The average molecular weight is 244 g/mol. The normalized spacial score (nSPS) is 9.67. The maximum absolute atomic E-state index is 5.95. The predicted molar refractivity (Wildman–Crippen MR) is 67.3 cm³/mol. The van der Waals surface area contributed by atoms with Crippen LogP contribution in [0.3, 0.4) is 0 Å². The van der Waals surface area contributed by atoms with E-state index in [1.807, 2.05) is 32.9 Å². The zero-order chi connectivity index (χ0) is 11.4.